The van der Waals surface area contributed by atoms with Crippen molar-refractivity contribution < 1.29 is 13.2 Å². The van der Waals surface area contributed by atoms with Crippen LogP contribution in [0.2, 0.25) is 0 Å². The summed E-state index contributed by atoms with van der Waals surface area (Å²) in [6, 6.07) is 7.90. The number of pyridine rings is 1. The highest BCUT2D eigenvalue weighted by molar-refractivity contribution is 9.10. The summed E-state index contributed by atoms with van der Waals surface area (Å²) >= 11 is 3.27. The monoisotopic (exact) mass is 394 g/mol. The Hall–Kier alpha value is -2.26. The summed E-state index contributed by atoms with van der Waals surface area (Å²) in [6.45, 7) is 0. The fraction of sp³-hybridized carbons (Fsp3) is 0.0714. The number of rotatable bonds is 3. The summed E-state index contributed by atoms with van der Waals surface area (Å²) in [4.78, 5) is 16.0. The molecule has 1 amide bonds. The lowest BCUT2D eigenvalue weighted by molar-refractivity contribution is 0.0994. The molecule has 2 N–H and O–H groups in total. The Labute approximate surface area is 140 Å². The van der Waals surface area contributed by atoms with Crippen molar-refractivity contribution in [2.75, 3.05) is 6.26 Å². The molecule has 0 atom stereocenters. The van der Waals surface area contributed by atoms with Gasteiger partial charge < -0.3 is 5.73 Å². The zero-order chi connectivity index (χ0) is 16.8. The number of carbonyl (C=O) groups is 1. The van der Waals surface area contributed by atoms with Crippen molar-refractivity contribution in [1.29, 1.82) is 0 Å². The van der Waals surface area contributed by atoms with Gasteiger partial charge in [-0.2, -0.15) is 0 Å². The van der Waals surface area contributed by atoms with E-state index in [1.807, 2.05) is 0 Å². The van der Waals surface area contributed by atoms with Gasteiger partial charge in [-0.25, -0.2) is 18.1 Å². The Bertz CT molecular complexity index is 1040. The predicted molar refractivity (Wildman–Crippen MR) is 88.2 cm³/mol. The molecular weight excluding hydrogens is 384 g/mol. The molecule has 23 heavy (non-hydrogen) atoms. The van der Waals surface area contributed by atoms with Crippen LogP contribution in [0, 0.1) is 0 Å². The van der Waals surface area contributed by atoms with E-state index in [0.717, 1.165) is 6.26 Å². The zero-order valence-corrected chi connectivity index (χ0v) is 14.3. The van der Waals surface area contributed by atoms with Gasteiger partial charge in [-0.3, -0.25) is 4.79 Å². The van der Waals surface area contributed by atoms with Crippen molar-refractivity contribution in [3.63, 3.8) is 0 Å². The van der Waals surface area contributed by atoms with Gasteiger partial charge in [0.05, 0.1) is 16.0 Å². The third kappa shape index (κ3) is 2.84. The average Bonchev–Trinajstić information content (AvgIpc) is 2.85. The third-order valence-corrected chi connectivity index (χ3v) is 4.76. The van der Waals surface area contributed by atoms with Crippen LogP contribution in [0.15, 0.2) is 45.9 Å². The van der Waals surface area contributed by atoms with Gasteiger partial charge in [-0.1, -0.05) is 15.9 Å². The molecule has 0 bridgehead atoms. The van der Waals surface area contributed by atoms with E-state index in [2.05, 4.69) is 26.0 Å². The van der Waals surface area contributed by atoms with E-state index in [1.54, 1.807) is 24.4 Å². The van der Waals surface area contributed by atoms with E-state index in [9.17, 15) is 13.2 Å². The van der Waals surface area contributed by atoms with Crippen molar-refractivity contribution >= 4 is 42.7 Å². The molecule has 0 radical (unpaired) electrons. The number of fused-ring (bicyclic) bond motifs is 1. The normalized spacial score (nSPS) is 11.7. The number of aromatic nitrogens is 3. The van der Waals surface area contributed by atoms with Crippen LogP contribution in [-0.2, 0) is 9.84 Å². The summed E-state index contributed by atoms with van der Waals surface area (Å²) in [5.74, 6) is -0.679. The number of nitrogens with zero attached hydrogens (tertiary/aromatic N) is 3. The number of amides is 1. The Kier molecular flexibility index (Phi) is 3.69. The van der Waals surface area contributed by atoms with Gasteiger partial charge in [-0.15, -0.1) is 5.10 Å². The lowest BCUT2D eigenvalue weighted by atomic mass is 10.2. The molecule has 9 heteroatoms. The average molecular weight is 395 g/mol. The highest BCUT2D eigenvalue weighted by Crippen LogP contribution is 2.25. The van der Waals surface area contributed by atoms with E-state index < -0.39 is 15.7 Å². The molecular formula is C14H11BrN4O3S. The number of hydrogen-bond donors (Lipinski definition) is 1. The topological polar surface area (TPSA) is 108 Å². The molecule has 0 unspecified atom stereocenters. The Morgan fingerprint density at radius 2 is 2.04 bits per heavy atom. The Morgan fingerprint density at radius 1 is 1.30 bits per heavy atom. The van der Waals surface area contributed by atoms with Gasteiger partial charge in [-0.05, 0) is 30.3 Å². The van der Waals surface area contributed by atoms with Crippen LogP contribution in [0.25, 0.3) is 16.7 Å². The molecule has 7 nitrogen and oxygen atoms in total. The number of halogens is 1. The number of primary amides is 1. The fourth-order valence-electron chi connectivity index (χ4n) is 2.23. The molecule has 0 saturated heterocycles. The van der Waals surface area contributed by atoms with Crippen LogP contribution in [0.5, 0.6) is 0 Å². The first-order valence-electron chi connectivity index (χ1n) is 6.42. The van der Waals surface area contributed by atoms with Crippen molar-refractivity contribution in [1.82, 2.24) is 14.8 Å². The van der Waals surface area contributed by atoms with E-state index in [-0.39, 0.29) is 10.6 Å². The smallest absolute Gasteiger partial charge is 0.268 e. The molecule has 0 aliphatic rings. The van der Waals surface area contributed by atoms with Crippen molar-refractivity contribution in [2.24, 2.45) is 5.73 Å². The van der Waals surface area contributed by atoms with Crippen LogP contribution in [0.4, 0.5) is 0 Å². The molecule has 0 saturated carbocycles. The highest BCUT2D eigenvalue weighted by atomic mass is 79.9. The maximum absolute atomic E-state index is 11.8. The van der Waals surface area contributed by atoms with Gasteiger partial charge in [0.1, 0.15) is 5.69 Å². The van der Waals surface area contributed by atoms with Gasteiger partial charge in [0.25, 0.3) is 5.91 Å². The molecule has 3 aromatic rings. The van der Waals surface area contributed by atoms with E-state index in [0.29, 0.717) is 21.2 Å². The fourth-order valence-corrected chi connectivity index (χ4v) is 3.54. The van der Waals surface area contributed by atoms with Crippen molar-refractivity contribution in [3.05, 3.63) is 46.7 Å². The van der Waals surface area contributed by atoms with Crippen LogP contribution in [-0.4, -0.2) is 35.3 Å². The predicted octanol–water partition coefficient (Wildman–Crippen LogP) is 1.69. The van der Waals surface area contributed by atoms with Crippen LogP contribution in [0.3, 0.4) is 0 Å². The van der Waals surface area contributed by atoms with Crippen molar-refractivity contribution in [3.8, 4) is 5.69 Å². The Balaban J connectivity index is 2.35. The maximum atomic E-state index is 11.8. The third-order valence-electron chi connectivity index (χ3n) is 3.21. The summed E-state index contributed by atoms with van der Waals surface area (Å²) in [6.07, 6.45) is 2.65. The minimum Gasteiger partial charge on any atom is -0.364 e. The lowest BCUT2D eigenvalue weighted by Gasteiger charge is -2.08. The second kappa shape index (κ2) is 5.43. The first-order valence-corrected chi connectivity index (χ1v) is 9.10. The van der Waals surface area contributed by atoms with E-state index in [1.165, 1.54) is 16.8 Å². The second-order valence-corrected chi connectivity index (χ2v) is 7.85. The number of sulfone groups is 1. The largest absolute Gasteiger partial charge is 0.364 e. The molecule has 1 aromatic carbocycles. The molecule has 0 spiro atoms. The minimum absolute atomic E-state index is 0.102. The molecule has 118 valence electrons. The SMILES string of the molecule is CS(=O)(=O)c1cc(Br)cc(-n2nc3ncccc3c2C(N)=O)c1. The molecule has 0 aliphatic carbocycles. The number of nitrogens with two attached hydrogens (primary N) is 1. The standard InChI is InChI=1S/C14H11BrN4O3S/c1-23(21,22)10-6-8(15)5-9(7-10)19-12(13(16)20)11-3-2-4-17-14(11)18-19/h2-7H,1H3,(H2,16,20). The van der Waals surface area contributed by atoms with Crippen molar-refractivity contribution in [2.45, 2.75) is 4.90 Å². The summed E-state index contributed by atoms with van der Waals surface area (Å²) in [7, 11) is -3.42. The lowest BCUT2D eigenvalue weighted by Crippen LogP contribution is -2.17. The molecule has 0 fully saturated rings. The minimum atomic E-state index is -3.42. The van der Waals surface area contributed by atoms with Gasteiger partial charge in [0.2, 0.25) is 0 Å². The van der Waals surface area contributed by atoms with E-state index in [4.69, 9.17) is 5.73 Å². The maximum Gasteiger partial charge on any atom is 0.268 e. The van der Waals surface area contributed by atoms with Crippen LogP contribution >= 0.6 is 15.9 Å². The van der Waals surface area contributed by atoms with Gasteiger partial charge in [0.15, 0.2) is 15.5 Å². The Morgan fingerprint density at radius 3 is 2.70 bits per heavy atom. The summed E-state index contributed by atoms with van der Waals surface area (Å²) in [5, 5.41) is 4.76. The quantitative estimate of drug-likeness (QED) is 0.726. The first kappa shape index (κ1) is 15.6. The summed E-state index contributed by atoms with van der Waals surface area (Å²) in [5.41, 5.74) is 6.36. The summed E-state index contributed by atoms with van der Waals surface area (Å²) < 4.78 is 25.5. The van der Waals surface area contributed by atoms with Gasteiger partial charge >= 0.3 is 0 Å². The van der Waals surface area contributed by atoms with Crippen LogP contribution in [0.1, 0.15) is 10.5 Å². The van der Waals surface area contributed by atoms with Gasteiger partial charge in [0, 0.05) is 16.9 Å². The van der Waals surface area contributed by atoms with Crippen LogP contribution < -0.4 is 5.73 Å². The number of carbonyl (C=O) groups excluding carboxylic acids is 1. The second-order valence-electron chi connectivity index (χ2n) is 4.92. The highest BCUT2D eigenvalue weighted by Gasteiger charge is 2.19. The molecule has 0 aliphatic heterocycles. The van der Waals surface area contributed by atoms with E-state index >= 15 is 0 Å². The molecule has 2 aromatic heterocycles. The molecule has 3 rings (SSSR count). The first-order chi connectivity index (χ1) is 10.8. The molecule has 2 heterocycles. The zero-order valence-electron chi connectivity index (χ0n) is 11.9. The number of hydrogen-bond acceptors (Lipinski definition) is 5. The number of benzene rings is 1.